The predicted molar refractivity (Wildman–Crippen MR) is 95.8 cm³/mol. The molecule has 1 fully saturated rings. The highest BCUT2D eigenvalue weighted by Gasteiger charge is 2.26. The third-order valence-corrected chi connectivity index (χ3v) is 4.49. The first-order valence-corrected chi connectivity index (χ1v) is 8.90. The maximum atomic E-state index is 12.5. The van der Waals surface area contributed by atoms with E-state index in [1.807, 2.05) is 24.6 Å². The Bertz CT molecular complexity index is 842. The lowest BCUT2D eigenvalue weighted by atomic mass is 10.1. The molecule has 1 saturated heterocycles. The van der Waals surface area contributed by atoms with Gasteiger partial charge in [-0.2, -0.15) is 5.10 Å². The van der Waals surface area contributed by atoms with Crippen molar-refractivity contribution in [1.82, 2.24) is 24.6 Å². The van der Waals surface area contributed by atoms with E-state index >= 15 is 0 Å². The Balaban J connectivity index is 1.56. The summed E-state index contributed by atoms with van der Waals surface area (Å²) < 4.78 is 7.66. The van der Waals surface area contributed by atoms with Crippen molar-refractivity contribution in [2.75, 3.05) is 19.7 Å². The van der Waals surface area contributed by atoms with Crippen molar-refractivity contribution in [3.05, 3.63) is 45.4 Å². The number of amides is 1. The molecule has 26 heavy (non-hydrogen) atoms. The summed E-state index contributed by atoms with van der Waals surface area (Å²) in [6, 6.07) is 3.47. The highest BCUT2D eigenvalue weighted by atomic mass is 16.5. The standard InChI is InChI=1S/C18H25N5O3/c1-12-9-13(2)23(21-12)6-4-5-18(25)22-7-8-26-16(11-22)15-10-17(24)20-14(3)19-15/h9-10,16H,4-8,11H2,1-3H3,(H,19,20,24)/t16-/m1/s1. The molecule has 0 unspecified atom stereocenters. The maximum Gasteiger partial charge on any atom is 0.251 e. The third kappa shape index (κ3) is 4.37. The summed E-state index contributed by atoms with van der Waals surface area (Å²) >= 11 is 0. The van der Waals surface area contributed by atoms with Crippen LogP contribution in [0, 0.1) is 20.8 Å². The number of nitrogens with zero attached hydrogens (tertiary/aromatic N) is 4. The molecular formula is C18H25N5O3. The second kappa shape index (κ2) is 7.82. The highest BCUT2D eigenvalue weighted by molar-refractivity contribution is 5.76. The number of hydrogen-bond acceptors (Lipinski definition) is 5. The summed E-state index contributed by atoms with van der Waals surface area (Å²) in [5.74, 6) is 0.644. The molecule has 8 nitrogen and oxygen atoms in total. The lowest BCUT2D eigenvalue weighted by Gasteiger charge is -2.32. The molecule has 0 aliphatic carbocycles. The van der Waals surface area contributed by atoms with Crippen LogP contribution in [-0.4, -0.2) is 50.3 Å². The molecule has 0 spiro atoms. The molecule has 0 radical (unpaired) electrons. The third-order valence-electron chi connectivity index (χ3n) is 4.49. The Kier molecular flexibility index (Phi) is 5.51. The van der Waals surface area contributed by atoms with Gasteiger partial charge in [0.2, 0.25) is 5.91 Å². The van der Waals surface area contributed by atoms with Crippen molar-refractivity contribution >= 4 is 5.91 Å². The molecule has 2 aromatic heterocycles. The first kappa shape index (κ1) is 18.3. The van der Waals surface area contributed by atoms with E-state index in [4.69, 9.17) is 4.74 Å². The quantitative estimate of drug-likeness (QED) is 0.868. The van der Waals surface area contributed by atoms with Gasteiger partial charge in [-0.15, -0.1) is 0 Å². The van der Waals surface area contributed by atoms with Crippen LogP contribution in [-0.2, 0) is 16.1 Å². The molecule has 140 valence electrons. The number of aromatic nitrogens is 4. The van der Waals surface area contributed by atoms with Crippen molar-refractivity contribution in [3.63, 3.8) is 0 Å². The van der Waals surface area contributed by atoms with Gasteiger partial charge in [0.25, 0.3) is 5.56 Å². The summed E-state index contributed by atoms with van der Waals surface area (Å²) in [5, 5.41) is 4.42. The van der Waals surface area contributed by atoms with Gasteiger partial charge in [0.1, 0.15) is 11.9 Å². The van der Waals surface area contributed by atoms with Crippen LogP contribution in [0.15, 0.2) is 16.9 Å². The van der Waals surface area contributed by atoms with Crippen LogP contribution in [0.25, 0.3) is 0 Å². The smallest absolute Gasteiger partial charge is 0.251 e. The number of hydrogen-bond donors (Lipinski definition) is 1. The minimum absolute atomic E-state index is 0.0985. The Hall–Kier alpha value is -2.48. The fraction of sp³-hybridized carbons (Fsp3) is 0.556. The summed E-state index contributed by atoms with van der Waals surface area (Å²) in [6.07, 6.45) is 0.850. The van der Waals surface area contributed by atoms with Crippen LogP contribution >= 0.6 is 0 Å². The van der Waals surface area contributed by atoms with Gasteiger partial charge < -0.3 is 14.6 Å². The SMILES string of the molecule is Cc1cc(C)n(CCCC(=O)N2CCO[C@@H](c3cc(=O)[nH]c(C)n3)C2)n1. The Morgan fingerprint density at radius 3 is 2.85 bits per heavy atom. The van der Waals surface area contributed by atoms with Gasteiger partial charge in [-0.1, -0.05) is 0 Å². The largest absolute Gasteiger partial charge is 0.368 e. The Morgan fingerprint density at radius 2 is 2.15 bits per heavy atom. The zero-order valence-electron chi connectivity index (χ0n) is 15.5. The molecule has 1 amide bonds. The van der Waals surface area contributed by atoms with E-state index in [0.717, 1.165) is 24.4 Å². The topological polar surface area (TPSA) is 93.1 Å². The summed E-state index contributed by atoms with van der Waals surface area (Å²) in [6.45, 7) is 7.88. The number of aryl methyl sites for hydroxylation is 4. The van der Waals surface area contributed by atoms with Gasteiger partial charge in [-0.3, -0.25) is 14.3 Å². The van der Waals surface area contributed by atoms with Crippen molar-refractivity contribution in [1.29, 1.82) is 0 Å². The van der Waals surface area contributed by atoms with E-state index in [1.54, 1.807) is 11.8 Å². The zero-order chi connectivity index (χ0) is 18.7. The fourth-order valence-corrected chi connectivity index (χ4v) is 3.26. The van der Waals surface area contributed by atoms with Crippen molar-refractivity contribution in [2.45, 2.75) is 46.3 Å². The van der Waals surface area contributed by atoms with E-state index in [9.17, 15) is 9.59 Å². The van der Waals surface area contributed by atoms with Crippen LogP contribution in [0.2, 0.25) is 0 Å². The molecule has 1 N–H and O–H groups in total. The van der Waals surface area contributed by atoms with Crippen molar-refractivity contribution in [3.8, 4) is 0 Å². The number of ether oxygens (including phenoxy) is 1. The molecule has 3 heterocycles. The average Bonchev–Trinajstić information content (AvgIpc) is 2.91. The molecule has 1 atom stereocenters. The Morgan fingerprint density at radius 1 is 1.35 bits per heavy atom. The van der Waals surface area contributed by atoms with Crippen LogP contribution in [0.1, 0.15) is 41.9 Å². The number of nitrogens with one attached hydrogen (secondary N) is 1. The van der Waals surface area contributed by atoms with Gasteiger partial charge in [-0.05, 0) is 33.3 Å². The van der Waals surface area contributed by atoms with Crippen molar-refractivity contribution in [2.24, 2.45) is 0 Å². The zero-order valence-corrected chi connectivity index (χ0v) is 15.5. The summed E-state index contributed by atoms with van der Waals surface area (Å²) in [5.41, 5.74) is 2.47. The summed E-state index contributed by atoms with van der Waals surface area (Å²) in [7, 11) is 0. The number of H-pyrrole nitrogens is 1. The van der Waals surface area contributed by atoms with Crippen LogP contribution in [0.5, 0.6) is 0 Å². The lowest BCUT2D eigenvalue weighted by Crippen LogP contribution is -2.42. The van der Waals surface area contributed by atoms with Gasteiger partial charge in [-0.25, -0.2) is 4.98 Å². The van der Waals surface area contributed by atoms with Crippen LogP contribution < -0.4 is 5.56 Å². The molecule has 0 bridgehead atoms. The second-order valence-electron chi connectivity index (χ2n) is 6.71. The van der Waals surface area contributed by atoms with E-state index in [2.05, 4.69) is 15.1 Å². The maximum absolute atomic E-state index is 12.5. The molecule has 1 aliphatic rings. The molecular weight excluding hydrogens is 334 g/mol. The van der Waals surface area contributed by atoms with Gasteiger partial charge >= 0.3 is 0 Å². The van der Waals surface area contributed by atoms with E-state index < -0.39 is 0 Å². The van der Waals surface area contributed by atoms with Crippen molar-refractivity contribution < 1.29 is 9.53 Å². The Labute approximate surface area is 152 Å². The molecule has 8 heteroatoms. The van der Waals surface area contributed by atoms with Gasteiger partial charge in [0, 0.05) is 31.3 Å². The monoisotopic (exact) mass is 359 g/mol. The van der Waals surface area contributed by atoms with E-state index in [0.29, 0.717) is 37.6 Å². The first-order valence-electron chi connectivity index (χ1n) is 8.90. The molecule has 3 rings (SSSR count). The van der Waals surface area contributed by atoms with Gasteiger partial charge in [0.15, 0.2) is 0 Å². The molecule has 0 saturated carbocycles. The molecule has 0 aromatic carbocycles. The minimum atomic E-state index is -0.357. The first-order chi connectivity index (χ1) is 12.4. The average molecular weight is 359 g/mol. The normalized spacial score (nSPS) is 17.5. The predicted octanol–water partition coefficient (Wildman–Crippen LogP) is 1.27. The van der Waals surface area contributed by atoms with Gasteiger partial charge in [0.05, 0.1) is 24.5 Å². The van der Waals surface area contributed by atoms with Crippen LogP contribution in [0.3, 0.4) is 0 Å². The van der Waals surface area contributed by atoms with Crippen LogP contribution in [0.4, 0.5) is 0 Å². The molecule has 2 aromatic rings. The van der Waals surface area contributed by atoms with E-state index in [1.165, 1.54) is 6.07 Å². The number of morpholine rings is 1. The number of carbonyl (C=O) groups excluding carboxylic acids is 1. The highest BCUT2D eigenvalue weighted by Crippen LogP contribution is 2.20. The minimum Gasteiger partial charge on any atom is -0.368 e. The number of aromatic amines is 1. The number of rotatable bonds is 5. The lowest BCUT2D eigenvalue weighted by molar-refractivity contribution is -0.139. The van der Waals surface area contributed by atoms with E-state index in [-0.39, 0.29) is 17.6 Å². The number of carbonyl (C=O) groups is 1. The summed E-state index contributed by atoms with van der Waals surface area (Å²) in [4.78, 5) is 32.9. The fourth-order valence-electron chi connectivity index (χ4n) is 3.26. The molecule has 1 aliphatic heterocycles. The second-order valence-corrected chi connectivity index (χ2v) is 6.71.